The largest absolute Gasteiger partial charge is 0.412 e. The standard InChI is InChI=1S/C15H22O3Si/c1-5-13-9-7-8-10-14(13)11-12-18-19-15(6-2,16-3)17-4/h5,7-10H,1,6,11-12H2,2-4H3. The average molecular weight is 278 g/mol. The lowest BCUT2D eigenvalue weighted by molar-refractivity contribution is -0.153. The molecule has 3 nitrogen and oxygen atoms in total. The normalized spacial score (nSPS) is 11.5. The number of ether oxygens (including phenoxy) is 2. The highest BCUT2D eigenvalue weighted by molar-refractivity contribution is 6.31. The van der Waals surface area contributed by atoms with Crippen LogP contribution < -0.4 is 0 Å². The van der Waals surface area contributed by atoms with Gasteiger partial charge < -0.3 is 13.9 Å². The summed E-state index contributed by atoms with van der Waals surface area (Å²) >= 11 is 0. The van der Waals surface area contributed by atoms with Gasteiger partial charge in [0, 0.05) is 20.8 Å². The third kappa shape index (κ3) is 4.58. The third-order valence-corrected chi connectivity index (χ3v) is 4.52. The fourth-order valence-electron chi connectivity index (χ4n) is 1.81. The monoisotopic (exact) mass is 278 g/mol. The van der Waals surface area contributed by atoms with Crippen LogP contribution in [0.2, 0.25) is 0 Å². The lowest BCUT2D eigenvalue weighted by Crippen LogP contribution is -2.41. The van der Waals surface area contributed by atoms with Crippen molar-refractivity contribution in [1.82, 2.24) is 0 Å². The maximum absolute atomic E-state index is 5.72. The first-order chi connectivity index (χ1) is 9.21. The summed E-state index contributed by atoms with van der Waals surface area (Å²) in [7, 11) is 3.47. The lowest BCUT2D eigenvalue weighted by atomic mass is 10.1. The summed E-state index contributed by atoms with van der Waals surface area (Å²) in [5.41, 5.74) is 1.81. The number of hydrogen-bond donors (Lipinski definition) is 0. The average Bonchev–Trinajstić information content (AvgIpc) is 2.48. The maximum atomic E-state index is 5.72. The predicted octanol–water partition coefficient (Wildman–Crippen LogP) is 2.86. The molecule has 0 amide bonds. The van der Waals surface area contributed by atoms with Gasteiger partial charge in [0.05, 0.1) is 0 Å². The number of hydrogen-bond acceptors (Lipinski definition) is 3. The Labute approximate surface area is 118 Å². The molecule has 0 unspecified atom stereocenters. The smallest absolute Gasteiger partial charge is 0.304 e. The molecular weight excluding hydrogens is 256 g/mol. The predicted molar refractivity (Wildman–Crippen MR) is 79.0 cm³/mol. The number of methoxy groups -OCH3 is 2. The van der Waals surface area contributed by atoms with E-state index >= 15 is 0 Å². The van der Waals surface area contributed by atoms with Crippen LogP contribution in [0.25, 0.3) is 6.08 Å². The van der Waals surface area contributed by atoms with Crippen molar-refractivity contribution in [2.45, 2.75) is 25.2 Å². The van der Waals surface area contributed by atoms with Gasteiger partial charge >= 0.3 is 9.76 Å². The highest BCUT2D eigenvalue weighted by Crippen LogP contribution is 2.15. The zero-order chi connectivity index (χ0) is 14.1. The zero-order valence-corrected chi connectivity index (χ0v) is 12.9. The van der Waals surface area contributed by atoms with Crippen LogP contribution in [0.4, 0.5) is 0 Å². The first-order valence-corrected chi connectivity index (χ1v) is 7.31. The molecule has 0 fully saturated rings. The minimum Gasteiger partial charge on any atom is -0.412 e. The highest BCUT2D eigenvalue weighted by Gasteiger charge is 2.29. The van der Waals surface area contributed by atoms with E-state index in [9.17, 15) is 0 Å². The van der Waals surface area contributed by atoms with Crippen molar-refractivity contribution >= 4 is 15.8 Å². The van der Waals surface area contributed by atoms with Gasteiger partial charge in [0.2, 0.25) is 0 Å². The quantitative estimate of drug-likeness (QED) is 0.395. The summed E-state index contributed by atoms with van der Waals surface area (Å²) in [4.78, 5) is 0. The van der Waals surface area contributed by atoms with Crippen molar-refractivity contribution in [3.63, 3.8) is 0 Å². The Bertz CT molecular complexity index is 380. The van der Waals surface area contributed by atoms with Crippen molar-refractivity contribution in [3.05, 3.63) is 42.0 Å². The van der Waals surface area contributed by atoms with Crippen LogP contribution >= 0.6 is 0 Å². The summed E-state index contributed by atoms with van der Waals surface area (Å²) < 4.78 is 16.5. The molecule has 0 bridgehead atoms. The van der Waals surface area contributed by atoms with Crippen LogP contribution in [0.3, 0.4) is 0 Å². The summed E-state index contributed by atoms with van der Waals surface area (Å²) in [6, 6.07) is 8.21. The molecule has 0 N–H and O–H groups in total. The Hall–Kier alpha value is -0.943. The minimum absolute atomic E-state index is 0.173. The molecule has 2 radical (unpaired) electrons. The Kier molecular flexibility index (Phi) is 7.01. The molecular formula is C15H22O3Si. The summed E-state index contributed by atoms with van der Waals surface area (Å²) in [5.74, 6) is 0. The van der Waals surface area contributed by atoms with Crippen LogP contribution in [0, 0.1) is 0 Å². The van der Waals surface area contributed by atoms with Crippen LogP contribution in [0.15, 0.2) is 30.8 Å². The van der Waals surface area contributed by atoms with E-state index in [1.165, 1.54) is 5.56 Å². The van der Waals surface area contributed by atoms with Crippen molar-refractivity contribution in [2.75, 3.05) is 20.8 Å². The van der Waals surface area contributed by atoms with Gasteiger partial charge in [0.15, 0.2) is 5.41 Å². The molecule has 0 aliphatic rings. The Morgan fingerprint density at radius 2 is 1.95 bits per heavy atom. The number of rotatable bonds is 9. The van der Waals surface area contributed by atoms with Crippen LogP contribution in [0.1, 0.15) is 24.5 Å². The van der Waals surface area contributed by atoms with E-state index in [0.717, 1.165) is 18.4 Å². The maximum Gasteiger partial charge on any atom is 0.304 e. The molecule has 0 saturated heterocycles. The molecule has 1 aromatic carbocycles. The minimum atomic E-state index is -0.599. The fraction of sp³-hybridized carbons (Fsp3) is 0.467. The molecule has 0 aromatic heterocycles. The first-order valence-electron chi connectivity index (χ1n) is 6.41. The third-order valence-electron chi connectivity index (χ3n) is 3.10. The molecule has 4 heteroatoms. The van der Waals surface area contributed by atoms with E-state index in [2.05, 4.69) is 18.7 Å². The molecule has 1 aromatic rings. The zero-order valence-electron chi connectivity index (χ0n) is 11.9. The Balaban J connectivity index is 2.44. The lowest BCUT2D eigenvalue weighted by Gasteiger charge is -2.27. The van der Waals surface area contributed by atoms with Gasteiger partial charge in [-0.2, -0.15) is 0 Å². The molecule has 0 atom stereocenters. The van der Waals surface area contributed by atoms with Crippen LogP contribution in [-0.2, 0) is 20.3 Å². The highest BCUT2D eigenvalue weighted by atomic mass is 28.2. The Morgan fingerprint density at radius 3 is 2.53 bits per heavy atom. The first kappa shape index (κ1) is 16.1. The summed E-state index contributed by atoms with van der Waals surface area (Å²) in [5, 5.41) is 0. The summed E-state index contributed by atoms with van der Waals surface area (Å²) in [6.07, 6.45) is 3.50. The van der Waals surface area contributed by atoms with Gasteiger partial charge in [-0.25, -0.2) is 0 Å². The molecule has 0 saturated carbocycles. The van der Waals surface area contributed by atoms with Crippen LogP contribution in [0.5, 0.6) is 0 Å². The van der Waals surface area contributed by atoms with E-state index < -0.39 is 5.41 Å². The SMILES string of the molecule is C=Cc1ccccc1CCO[Si]C(CC)(OC)OC. The van der Waals surface area contributed by atoms with Gasteiger partial charge in [-0.15, -0.1) is 0 Å². The van der Waals surface area contributed by atoms with Crippen molar-refractivity contribution in [3.8, 4) is 0 Å². The molecule has 1 rings (SSSR count). The number of benzene rings is 1. The fourth-order valence-corrected chi connectivity index (χ4v) is 2.55. The van der Waals surface area contributed by atoms with Crippen molar-refractivity contribution < 1.29 is 13.9 Å². The second kappa shape index (κ2) is 8.27. The van der Waals surface area contributed by atoms with Gasteiger partial charge in [-0.05, 0) is 24.0 Å². The van der Waals surface area contributed by atoms with Gasteiger partial charge in [0.25, 0.3) is 0 Å². The van der Waals surface area contributed by atoms with E-state index in [-0.39, 0.29) is 9.76 Å². The van der Waals surface area contributed by atoms with E-state index in [1.807, 2.05) is 25.1 Å². The van der Waals surface area contributed by atoms with E-state index in [0.29, 0.717) is 6.61 Å². The van der Waals surface area contributed by atoms with E-state index in [1.54, 1.807) is 14.2 Å². The Morgan fingerprint density at radius 1 is 1.26 bits per heavy atom. The van der Waals surface area contributed by atoms with Gasteiger partial charge in [-0.1, -0.05) is 43.8 Å². The molecule has 104 valence electrons. The molecule has 0 aliphatic carbocycles. The second-order valence-corrected chi connectivity index (χ2v) is 5.37. The van der Waals surface area contributed by atoms with Crippen molar-refractivity contribution in [2.24, 2.45) is 0 Å². The summed E-state index contributed by atoms with van der Waals surface area (Å²) in [6.45, 7) is 6.49. The molecule has 19 heavy (non-hydrogen) atoms. The van der Waals surface area contributed by atoms with Crippen LogP contribution in [-0.4, -0.2) is 36.0 Å². The molecule has 0 heterocycles. The molecule has 0 spiro atoms. The molecule has 0 aliphatic heterocycles. The van der Waals surface area contributed by atoms with Gasteiger partial charge in [0.1, 0.15) is 0 Å². The van der Waals surface area contributed by atoms with Crippen molar-refractivity contribution in [1.29, 1.82) is 0 Å². The second-order valence-electron chi connectivity index (χ2n) is 4.12. The topological polar surface area (TPSA) is 27.7 Å². The van der Waals surface area contributed by atoms with E-state index in [4.69, 9.17) is 13.9 Å². The van der Waals surface area contributed by atoms with Gasteiger partial charge in [-0.3, -0.25) is 0 Å².